The van der Waals surface area contributed by atoms with Crippen molar-refractivity contribution < 1.29 is 19.1 Å². The average molecular weight is 328 g/mol. The fourth-order valence-electron chi connectivity index (χ4n) is 2.05. The molecule has 0 spiro atoms. The lowest BCUT2D eigenvalue weighted by Crippen LogP contribution is -2.52. The zero-order chi connectivity index (χ0) is 17.6. The summed E-state index contributed by atoms with van der Waals surface area (Å²) in [6.45, 7) is 3.44. The Balaban J connectivity index is 2.07. The number of rotatable bonds is 6. The first-order chi connectivity index (χ1) is 11.5. The maximum absolute atomic E-state index is 12.3. The van der Waals surface area contributed by atoms with Crippen molar-refractivity contribution in [2.75, 3.05) is 7.11 Å². The van der Waals surface area contributed by atoms with E-state index in [1.807, 2.05) is 6.92 Å². The first kappa shape index (κ1) is 17.5. The van der Waals surface area contributed by atoms with E-state index in [1.54, 1.807) is 55.7 Å². The Morgan fingerprint density at radius 3 is 2.42 bits per heavy atom. The van der Waals surface area contributed by atoms with Gasteiger partial charge in [0.25, 0.3) is 5.91 Å². The molecule has 0 aliphatic heterocycles. The predicted molar refractivity (Wildman–Crippen MR) is 88.9 cm³/mol. The van der Waals surface area contributed by atoms with Crippen molar-refractivity contribution in [3.8, 4) is 11.5 Å². The molecular weight excluding hydrogens is 308 g/mol. The number of aromatic nitrogens is 1. The maximum atomic E-state index is 12.3. The van der Waals surface area contributed by atoms with Crippen LogP contribution in [0.1, 0.15) is 30.6 Å². The van der Waals surface area contributed by atoms with Gasteiger partial charge in [0.15, 0.2) is 0 Å². The Morgan fingerprint density at radius 1 is 1.17 bits per heavy atom. The molecule has 1 heterocycles. The molecule has 1 aromatic heterocycles. The highest BCUT2D eigenvalue weighted by atomic mass is 16.5. The number of amides is 1. The molecule has 6 heteroatoms. The third kappa shape index (κ3) is 4.10. The molecule has 1 atom stereocenters. The van der Waals surface area contributed by atoms with Crippen molar-refractivity contribution in [2.45, 2.75) is 25.8 Å². The normalized spacial score (nSPS) is 12.8. The quantitative estimate of drug-likeness (QED) is 0.825. The largest absolute Gasteiger partial charge is 0.467 e. The molecule has 0 radical (unpaired) electrons. The molecule has 0 saturated heterocycles. The van der Waals surface area contributed by atoms with E-state index in [1.165, 1.54) is 7.11 Å². The van der Waals surface area contributed by atoms with Crippen molar-refractivity contribution >= 4 is 11.9 Å². The van der Waals surface area contributed by atoms with Gasteiger partial charge >= 0.3 is 5.97 Å². The molecule has 0 aliphatic carbocycles. The van der Waals surface area contributed by atoms with Gasteiger partial charge in [-0.2, -0.15) is 0 Å². The van der Waals surface area contributed by atoms with Gasteiger partial charge in [0.2, 0.25) is 0 Å². The fourth-order valence-corrected chi connectivity index (χ4v) is 2.05. The van der Waals surface area contributed by atoms with E-state index in [9.17, 15) is 9.59 Å². The van der Waals surface area contributed by atoms with Crippen LogP contribution in [0.5, 0.6) is 11.5 Å². The lowest BCUT2D eigenvalue weighted by molar-refractivity contribution is -0.147. The SMILES string of the molecule is CC[C@](C)(NC(=O)c1ccc(Oc2cccnc2)cc1)C(=O)OC. The number of carbonyl (C=O) groups excluding carboxylic acids is 2. The van der Waals surface area contributed by atoms with Crippen LogP contribution in [-0.4, -0.2) is 29.5 Å². The van der Waals surface area contributed by atoms with E-state index in [2.05, 4.69) is 10.3 Å². The number of hydrogen-bond donors (Lipinski definition) is 1. The molecule has 0 unspecified atom stereocenters. The smallest absolute Gasteiger partial charge is 0.331 e. The lowest BCUT2D eigenvalue weighted by Gasteiger charge is -2.26. The molecule has 1 amide bonds. The lowest BCUT2D eigenvalue weighted by atomic mass is 9.98. The van der Waals surface area contributed by atoms with Crippen molar-refractivity contribution in [1.82, 2.24) is 10.3 Å². The van der Waals surface area contributed by atoms with Crippen LogP contribution in [0.2, 0.25) is 0 Å². The molecular formula is C18H20N2O4. The molecule has 0 fully saturated rings. The topological polar surface area (TPSA) is 77.5 Å². The Morgan fingerprint density at radius 2 is 1.88 bits per heavy atom. The molecule has 6 nitrogen and oxygen atoms in total. The van der Waals surface area contributed by atoms with Gasteiger partial charge in [-0.3, -0.25) is 9.78 Å². The zero-order valence-electron chi connectivity index (χ0n) is 13.9. The first-order valence-electron chi connectivity index (χ1n) is 7.57. The highest BCUT2D eigenvalue weighted by molar-refractivity contribution is 5.98. The van der Waals surface area contributed by atoms with E-state index in [0.717, 1.165) is 0 Å². The minimum absolute atomic E-state index is 0.349. The van der Waals surface area contributed by atoms with Crippen LogP contribution in [0.4, 0.5) is 0 Å². The molecule has 2 rings (SSSR count). The summed E-state index contributed by atoms with van der Waals surface area (Å²) >= 11 is 0. The van der Waals surface area contributed by atoms with Gasteiger partial charge in [-0.1, -0.05) is 6.92 Å². The fraction of sp³-hybridized carbons (Fsp3) is 0.278. The van der Waals surface area contributed by atoms with Crippen molar-refractivity contribution in [3.63, 3.8) is 0 Å². The van der Waals surface area contributed by atoms with Crippen LogP contribution in [0.25, 0.3) is 0 Å². The van der Waals surface area contributed by atoms with Gasteiger partial charge < -0.3 is 14.8 Å². The number of pyridine rings is 1. The summed E-state index contributed by atoms with van der Waals surface area (Å²) in [6.07, 6.45) is 3.68. The van der Waals surface area contributed by atoms with E-state index >= 15 is 0 Å². The van der Waals surface area contributed by atoms with Crippen molar-refractivity contribution in [2.24, 2.45) is 0 Å². The van der Waals surface area contributed by atoms with Gasteiger partial charge in [0, 0.05) is 11.8 Å². The molecule has 0 bridgehead atoms. The third-order valence-corrected chi connectivity index (χ3v) is 3.72. The highest BCUT2D eigenvalue weighted by Gasteiger charge is 2.34. The summed E-state index contributed by atoms with van der Waals surface area (Å²) in [7, 11) is 1.30. The minimum Gasteiger partial charge on any atom is -0.467 e. The van der Waals surface area contributed by atoms with Crippen molar-refractivity contribution in [3.05, 3.63) is 54.4 Å². The second-order valence-corrected chi connectivity index (χ2v) is 5.45. The van der Waals surface area contributed by atoms with Gasteiger partial charge in [-0.05, 0) is 49.7 Å². The standard InChI is InChI=1S/C18H20N2O4/c1-4-18(2,17(22)23-3)20-16(21)13-7-9-14(10-8-13)24-15-6-5-11-19-12-15/h5-12H,4H2,1-3H3,(H,20,21)/t18-/m0/s1. The Bertz CT molecular complexity index is 701. The minimum atomic E-state index is -1.06. The number of hydrogen-bond acceptors (Lipinski definition) is 5. The highest BCUT2D eigenvalue weighted by Crippen LogP contribution is 2.21. The van der Waals surface area contributed by atoms with Crippen LogP contribution in [-0.2, 0) is 9.53 Å². The molecule has 1 N–H and O–H groups in total. The zero-order valence-corrected chi connectivity index (χ0v) is 13.9. The van der Waals surface area contributed by atoms with E-state index < -0.39 is 11.5 Å². The Kier molecular flexibility index (Phi) is 5.52. The van der Waals surface area contributed by atoms with E-state index in [4.69, 9.17) is 9.47 Å². The van der Waals surface area contributed by atoms with Gasteiger partial charge in [-0.15, -0.1) is 0 Å². The number of nitrogens with one attached hydrogen (secondary N) is 1. The second-order valence-electron chi connectivity index (χ2n) is 5.45. The monoisotopic (exact) mass is 328 g/mol. The molecule has 2 aromatic rings. The number of carbonyl (C=O) groups is 2. The van der Waals surface area contributed by atoms with Gasteiger partial charge in [-0.25, -0.2) is 4.79 Å². The van der Waals surface area contributed by atoms with Crippen LogP contribution in [0.15, 0.2) is 48.8 Å². The summed E-state index contributed by atoms with van der Waals surface area (Å²) in [5.41, 5.74) is -0.631. The summed E-state index contributed by atoms with van der Waals surface area (Å²) in [6, 6.07) is 10.2. The van der Waals surface area contributed by atoms with E-state index in [-0.39, 0.29) is 5.91 Å². The third-order valence-electron chi connectivity index (χ3n) is 3.72. The molecule has 0 saturated carbocycles. The van der Waals surface area contributed by atoms with Crippen molar-refractivity contribution in [1.29, 1.82) is 0 Å². The number of nitrogens with zero attached hydrogens (tertiary/aromatic N) is 1. The number of methoxy groups -OCH3 is 1. The predicted octanol–water partition coefficient (Wildman–Crippen LogP) is 2.95. The van der Waals surface area contributed by atoms with Crippen LogP contribution >= 0.6 is 0 Å². The number of ether oxygens (including phenoxy) is 2. The van der Waals surface area contributed by atoms with Crippen LogP contribution < -0.4 is 10.1 Å². The summed E-state index contributed by atoms with van der Waals surface area (Å²) < 4.78 is 10.4. The van der Waals surface area contributed by atoms with E-state index in [0.29, 0.717) is 23.5 Å². The summed E-state index contributed by atoms with van der Waals surface area (Å²) in [5.74, 6) is 0.372. The van der Waals surface area contributed by atoms with Crippen LogP contribution in [0, 0.1) is 0 Å². The summed E-state index contributed by atoms with van der Waals surface area (Å²) in [4.78, 5) is 28.1. The number of benzene rings is 1. The molecule has 0 aliphatic rings. The second kappa shape index (κ2) is 7.59. The molecule has 24 heavy (non-hydrogen) atoms. The van der Waals surface area contributed by atoms with Crippen LogP contribution in [0.3, 0.4) is 0 Å². The maximum Gasteiger partial charge on any atom is 0.331 e. The van der Waals surface area contributed by atoms with Gasteiger partial charge in [0.05, 0.1) is 13.3 Å². The van der Waals surface area contributed by atoms with Gasteiger partial charge in [0.1, 0.15) is 17.0 Å². The Hall–Kier alpha value is -2.89. The summed E-state index contributed by atoms with van der Waals surface area (Å²) in [5, 5.41) is 2.71. The number of esters is 1. The average Bonchev–Trinajstić information content (AvgIpc) is 2.62. The molecule has 126 valence electrons. The first-order valence-corrected chi connectivity index (χ1v) is 7.57. The molecule has 1 aromatic carbocycles. The Labute approximate surface area is 140 Å².